The van der Waals surface area contributed by atoms with Gasteiger partial charge in [0.15, 0.2) is 11.6 Å². The van der Waals surface area contributed by atoms with Crippen molar-refractivity contribution in [3.8, 4) is 5.75 Å². The third-order valence-electron chi connectivity index (χ3n) is 4.53. The zero-order chi connectivity index (χ0) is 21.3. The second kappa shape index (κ2) is 7.82. The molecule has 1 heterocycles. The van der Waals surface area contributed by atoms with Crippen LogP contribution < -0.4 is 15.6 Å². The SMILES string of the molecule is CC1CC1c1nc(C(=O)NC(CO)c2ccc(OC(F)(F)F)c(F)c2)cc(=O)[nH]1. The number of rotatable bonds is 6. The Labute approximate surface area is 161 Å². The lowest BCUT2D eigenvalue weighted by Gasteiger charge is -2.18. The molecule has 0 radical (unpaired) electrons. The van der Waals surface area contributed by atoms with E-state index in [1.165, 1.54) is 0 Å². The summed E-state index contributed by atoms with van der Waals surface area (Å²) in [5.74, 6) is -2.37. The first-order valence-electron chi connectivity index (χ1n) is 8.65. The molecule has 1 fully saturated rings. The molecule has 0 spiro atoms. The smallest absolute Gasteiger partial charge is 0.403 e. The number of aromatic amines is 1. The number of aliphatic hydroxyl groups is 1. The predicted octanol–water partition coefficient (Wildman–Crippen LogP) is 2.39. The second-order valence-electron chi connectivity index (χ2n) is 6.78. The minimum atomic E-state index is -5.06. The molecule has 3 atom stereocenters. The quantitative estimate of drug-likeness (QED) is 0.629. The number of hydrogen-bond acceptors (Lipinski definition) is 5. The number of ether oxygens (including phenoxy) is 1. The van der Waals surface area contributed by atoms with Gasteiger partial charge in [-0.15, -0.1) is 13.2 Å². The summed E-state index contributed by atoms with van der Waals surface area (Å²) in [6.45, 7) is 1.31. The van der Waals surface area contributed by atoms with E-state index in [0.717, 1.165) is 24.6 Å². The summed E-state index contributed by atoms with van der Waals surface area (Å²) >= 11 is 0. The van der Waals surface area contributed by atoms with Gasteiger partial charge in [-0.2, -0.15) is 0 Å². The van der Waals surface area contributed by atoms with Crippen LogP contribution in [0.25, 0.3) is 0 Å². The Bertz CT molecular complexity index is 976. The fraction of sp³-hybridized carbons (Fsp3) is 0.389. The summed E-state index contributed by atoms with van der Waals surface area (Å²) in [7, 11) is 0. The summed E-state index contributed by atoms with van der Waals surface area (Å²) in [6.07, 6.45) is -4.23. The van der Waals surface area contributed by atoms with Crippen molar-refractivity contribution in [1.82, 2.24) is 15.3 Å². The number of hydrogen-bond donors (Lipinski definition) is 3. The third-order valence-corrected chi connectivity index (χ3v) is 4.53. The van der Waals surface area contributed by atoms with Gasteiger partial charge in [0.2, 0.25) is 0 Å². The zero-order valence-corrected chi connectivity index (χ0v) is 15.1. The zero-order valence-electron chi connectivity index (χ0n) is 15.1. The summed E-state index contributed by atoms with van der Waals surface area (Å²) in [4.78, 5) is 31.0. The highest BCUT2D eigenvalue weighted by Crippen LogP contribution is 2.44. The molecule has 2 aromatic rings. The highest BCUT2D eigenvalue weighted by Gasteiger charge is 2.37. The Hall–Kier alpha value is -2.95. The van der Waals surface area contributed by atoms with Crippen LogP contribution in [0, 0.1) is 11.7 Å². The van der Waals surface area contributed by atoms with Crippen molar-refractivity contribution < 1.29 is 32.2 Å². The number of alkyl halides is 3. The van der Waals surface area contributed by atoms with E-state index < -0.39 is 42.0 Å². The Balaban J connectivity index is 1.78. The highest BCUT2D eigenvalue weighted by atomic mass is 19.4. The van der Waals surface area contributed by atoms with Gasteiger partial charge in [0.05, 0.1) is 12.6 Å². The number of carbonyl (C=O) groups is 1. The first kappa shape index (κ1) is 20.8. The molecule has 0 bridgehead atoms. The molecule has 3 rings (SSSR count). The highest BCUT2D eigenvalue weighted by molar-refractivity contribution is 5.92. The number of halogens is 4. The number of H-pyrrole nitrogens is 1. The van der Waals surface area contributed by atoms with Crippen molar-refractivity contribution in [2.45, 2.75) is 31.7 Å². The molecule has 1 aromatic heterocycles. The van der Waals surface area contributed by atoms with Crippen molar-refractivity contribution in [3.63, 3.8) is 0 Å². The number of carbonyl (C=O) groups excluding carboxylic acids is 1. The lowest BCUT2D eigenvalue weighted by atomic mass is 10.1. The van der Waals surface area contributed by atoms with Crippen LogP contribution in [0.15, 0.2) is 29.1 Å². The van der Waals surface area contributed by atoms with Crippen molar-refractivity contribution in [2.24, 2.45) is 5.92 Å². The van der Waals surface area contributed by atoms with Gasteiger partial charge in [-0.25, -0.2) is 9.37 Å². The first-order chi connectivity index (χ1) is 13.6. The molecule has 1 amide bonds. The first-order valence-corrected chi connectivity index (χ1v) is 8.65. The molecule has 156 valence electrons. The Morgan fingerprint density at radius 1 is 1.41 bits per heavy atom. The molecule has 7 nitrogen and oxygen atoms in total. The monoisotopic (exact) mass is 415 g/mol. The van der Waals surface area contributed by atoms with E-state index >= 15 is 0 Å². The van der Waals surface area contributed by atoms with Crippen LogP contribution >= 0.6 is 0 Å². The molecule has 1 aromatic carbocycles. The van der Waals surface area contributed by atoms with Crippen LogP contribution in [0.4, 0.5) is 17.6 Å². The topological polar surface area (TPSA) is 104 Å². The average Bonchev–Trinajstić information content (AvgIpc) is 3.36. The fourth-order valence-electron chi connectivity index (χ4n) is 2.88. The maximum Gasteiger partial charge on any atom is 0.573 e. The lowest BCUT2D eigenvalue weighted by Crippen LogP contribution is -2.32. The molecule has 3 unspecified atom stereocenters. The van der Waals surface area contributed by atoms with E-state index in [4.69, 9.17) is 0 Å². The third kappa shape index (κ3) is 5.11. The van der Waals surface area contributed by atoms with Gasteiger partial charge in [-0.05, 0) is 30.0 Å². The minimum absolute atomic E-state index is 0.00811. The van der Waals surface area contributed by atoms with Crippen LogP contribution in [0.1, 0.15) is 47.2 Å². The maximum absolute atomic E-state index is 13.9. The number of aliphatic hydroxyl groups excluding tert-OH is 1. The van der Waals surface area contributed by atoms with Gasteiger partial charge in [0.25, 0.3) is 11.5 Å². The Kier molecular flexibility index (Phi) is 5.60. The van der Waals surface area contributed by atoms with Gasteiger partial charge in [0, 0.05) is 12.0 Å². The Morgan fingerprint density at radius 3 is 2.66 bits per heavy atom. The molecule has 3 N–H and O–H groups in total. The Morgan fingerprint density at radius 2 is 2.10 bits per heavy atom. The van der Waals surface area contributed by atoms with Crippen molar-refractivity contribution in [3.05, 3.63) is 57.5 Å². The molecular formula is C18H17F4N3O4. The summed E-state index contributed by atoms with van der Waals surface area (Å²) in [5, 5.41) is 11.9. The van der Waals surface area contributed by atoms with Crippen LogP contribution in [0.2, 0.25) is 0 Å². The molecule has 11 heteroatoms. The summed E-state index contributed by atoms with van der Waals surface area (Å²) in [5.41, 5.74) is -0.688. The average molecular weight is 415 g/mol. The van der Waals surface area contributed by atoms with Gasteiger partial charge in [-0.1, -0.05) is 13.0 Å². The molecule has 0 saturated heterocycles. The standard InChI is InChI=1S/C18H17F4N3O4/c1-8-4-10(8)16-23-12(6-15(27)25-16)17(28)24-13(7-26)9-2-3-14(11(19)5-9)29-18(20,21)22/h2-3,5-6,8,10,13,26H,4,7H2,1H3,(H,24,28)(H,23,25,27). The van der Waals surface area contributed by atoms with E-state index in [1.54, 1.807) is 0 Å². The molecule has 1 aliphatic carbocycles. The molecule has 1 saturated carbocycles. The van der Waals surface area contributed by atoms with Gasteiger partial charge in [-0.3, -0.25) is 9.59 Å². The molecular weight excluding hydrogens is 398 g/mol. The fourth-order valence-corrected chi connectivity index (χ4v) is 2.88. The van der Waals surface area contributed by atoms with E-state index in [2.05, 4.69) is 20.0 Å². The lowest BCUT2D eigenvalue weighted by molar-refractivity contribution is -0.275. The van der Waals surface area contributed by atoms with E-state index in [-0.39, 0.29) is 17.2 Å². The van der Waals surface area contributed by atoms with Crippen LogP contribution in [0.5, 0.6) is 5.75 Å². The molecule has 0 aliphatic heterocycles. The van der Waals surface area contributed by atoms with Crippen molar-refractivity contribution in [2.75, 3.05) is 6.61 Å². The van der Waals surface area contributed by atoms with Crippen molar-refractivity contribution in [1.29, 1.82) is 0 Å². The van der Waals surface area contributed by atoms with Gasteiger partial charge >= 0.3 is 6.36 Å². The second-order valence-corrected chi connectivity index (χ2v) is 6.78. The number of amides is 1. The molecule has 1 aliphatic rings. The largest absolute Gasteiger partial charge is 0.573 e. The van der Waals surface area contributed by atoms with Gasteiger partial charge < -0.3 is 20.1 Å². The van der Waals surface area contributed by atoms with Crippen LogP contribution in [0.3, 0.4) is 0 Å². The van der Waals surface area contributed by atoms with Crippen LogP contribution in [-0.2, 0) is 0 Å². The van der Waals surface area contributed by atoms with Crippen LogP contribution in [-0.4, -0.2) is 34.0 Å². The normalized spacial score (nSPS) is 19.5. The number of nitrogens with zero attached hydrogens (tertiary/aromatic N) is 1. The number of nitrogens with one attached hydrogen (secondary N) is 2. The van der Waals surface area contributed by atoms with E-state index in [1.807, 2.05) is 6.92 Å². The number of benzene rings is 1. The van der Waals surface area contributed by atoms with E-state index in [0.29, 0.717) is 17.8 Å². The molecule has 29 heavy (non-hydrogen) atoms. The van der Waals surface area contributed by atoms with E-state index in [9.17, 15) is 32.3 Å². The summed E-state index contributed by atoms with van der Waals surface area (Å²) in [6, 6.07) is 2.38. The minimum Gasteiger partial charge on any atom is -0.403 e. The van der Waals surface area contributed by atoms with Crippen molar-refractivity contribution >= 4 is 5.91 Å². The number of aromatic nitrogens is 2. The maximum atomic E-state index is 13.9. The summed E-state index contributed by atoms with van der Waals surface area (Å²) < 4.78 is 54.1. The predicted molar refractivity (Wildman–Crippen MR) is 91.8 cm³/mol. The van der Waals surface area contributed by atoms with Gasteiger partial charge in [0.1, 0.15) is 11.5 Å².